The molecule has 8 heteroatoms. The second kappa shape index (κ2) is 8.53. The Morgan fingerprint density at radius 2 is 1.75 bits per heavy atom. The van der Waals surface area contributed by atoms with E-state index in [1.807, 2.05) is 13.8 Å². The SMILES string of the molecule is CCCC(CCC)(C(=O)NCCS(=O)(=O)NC)C(N)=S. The topological polar surface area (TPSA) is 101 Å². The van der Waals surface area contributed by atoms with Crippen molar-refractivity contribution in [2.45, 2.75) is 39.5 Å². The molecular weight excluding hydrogens is 298 g/mol. The number of sulfonamides is 1. The first-order valence-corrected chi connectivity index (χ1v) is 8.81. The van der Waals surface area contributed by atoms with E-state index in [1.54, 1.807) is 0 Å². The van der Waals surface area contributed by atoms with Gasteiger partial charge in [-0.25, -0.2) is 13.1 Å². The van der Waals surface area contributed by atoms with Crippen molar-refractivity contribution >= 4 is 33.1 Å². The molecule has 0 aliphatic carbocycles. The fourth-order valence-corrected chi connectivity index (χ4v) is 3.01. The smallest absolute Gasteiger partial charge is 0.233 e. The molecule has 0 unspecified atom stereocenters. The molecule has 6 nitrogen and oxygen atoms in total. The van der Waals surface area contributed by atoms with E-state index < -0.39 is 15.4 Å². The molecule has 0 saturated carbocycles. The van der Waals surface area contributed by atoms with Gasteiger partial charge in [0.25, 0.3) is 0 Å². The predicted molar refractivity (Wildman–Crippen MR) is 84.9 cm³/mol. The van der Waals surface area contributed by atoms with Crippen LogP contribution in [-0.2, 0) is 14.8 Å². The Bertz CT molecular complexity index is 429. The van der Waals surface area contributed by atoms with E-state index in [1.165, 1.54) is 7.05 Å². The minimum absolute atomic E-state index is 0.0415. The van der Waals surface area contributed by atoms with Gasteiger partial charge in [0.1, 0.15) is 0 Å². The fourth-order valence-electron chi connectivity index (χ4n) is 2.13. The highest BCUT2D eigenvalue weighted by Crippen LogP contribution is 2.30. The van der Waals surface area contributed by atoms with E-state index in [2.05, 4.69) is 10.0 Å². The Morgan fingerprint density at radius 3 is 2.10 bits per heavy atom. The number of hydrogen-bond acceptors (Lipinski definition) is 4. The minimum Gasteiger partial charge on any atom is -0.392 e. The predicted octanol–water partition coefficient (Wildman–Crippen LogP) is 0.525. The zero-order valence-electron chi connectivity index (χ0n) is 12.4. The number of amides is 1. The standard InChI is InChI=1S/C12H25N3O3S2/c1-4-6-12(7-5-2,10(13)19)11(16)15-8-9-20(17,18)14-3/h14H,4-9H2,1-3H3,(H2,13,19)(H,15,16). The molecule has 0 rings (SSSR count). The van der Waals surface area contributed by atoms with Gasteiger partial charge in [-0.15, -0.1) is 0 Å². The van der Waals surface area contributed by atoms with Crippen LogP contribution < -0.4 is 15.8 Å². The van der Waals surface area contributed by atoms with Crippen LogP contribution in [0.25, 0.3) is 0 Å². The van der Waals surface area contributed by atoms with E-state index in [0.717, 1.165) is 12.8 Å². The molecule has 0 aromatic heterocycles. The van der Waals surface area contributed by atoms with Crippen LogP contribution in [0.15, 0.2) is 0 Å². The van der Waals surface area contributed by atoms with Crippen LogP contribution >= 0.6 is 12.2 Å². The average molecular weight is 323 g/mol. The maximum atomic E-state index is 12.4. The average Bonchev–Trinajstić information content (AvgIpc) is 2.37. The zero-order chi connectivity index (χ0) is 15.8. The first-order chi connectivity index (χ1) is 9.25. The number of rotatable bonds is 10. The van der Waals surface area contributed by atoms with Gasteiger partial charge in [0, 0.05) is 6.54 Å². The quantitative estimate of drug-likeness (QED) is 0.509. The van der Waals surface area contributed by atoms with Gasteiger partial charge in [0.2, 0.25) is 15.9 Å². The van der Waals surface area contributed by atoms with Crippen LogP contribution in [0.2, 0.25) is 0 Å². The van der Waals surface area contributed by atoms with Crippen molar-refractivity contribution in [1.29, 1.82) is 0 Å². The molecule has 0 heterocycles. The molecule has 0 aliphatic rings. The van der Waals surface area contributed by atoms with Crippen LogP contribution in [0.5, 0.6) is 0 Å². The van der Waals surface area contributed by atoms with Crippen LogP contribution in [0, 0.1) is 5.41 Å². The Kier molecular flexibility index (Phi) is 8.22. The molecule has 0 bridgehead atoms. The molecule has 20 heavy (non-hydrogen) atoms. The third-order valence-corrected chi connectivity index (χ3v) is 4.98. The van der Waals surface area contributed by atoms with Crippen molar-refractivity contribution in [3.8, 4) is 0 Å². The van der Waals surface area contributed by atoms with Gasteiger partial charge in [-0.1, -0.05) is 38.9 Å². The summed E-state index contributed by atoms with van der Waals surface area (Å²) in [4.78, 5) is 12.5. The van der Waals surface area contributed by atoms with Crippen molar-refractivity contribution in [3.63, 3.8) is 0 Å². The Morgan fingerprint density at radius 1 is 1.25 bits per heavy atom. The molecule has 0 aromatic rings. The molecule has 0 atom stereocenters. The number of carbonyl (C=O) groups excluding carboxylic acids is 1. The van der Waals surface area contributed by atoms with Crippen molar-refractivity contribution < 1.29 is 13.2 Å². The van der Waals surface area contributed by atoms with Crippen molar-refractivity contribution in [2.24, 2.45) is 11.1 Å². The number of nitrogens with one attached hydrogen (secondary N) is 2. The minimum atomic E-state index is -3.33. The molecular formula is C12H25N3O3S2. The highest BCUT2D eigenvalue weighted by atomic mass is 32.2. The lowest BCUT2D eigenvalue weighted by Crippen LogP contribution is -2.50. The van der Waals surface area contributed by atoms with Crippen molar-refractivity contribution in [1.82, 2.24) is 10.0 Å². The van der Waals surface area contributed by atoms with Gasteiger partial charge in [0.05, 0.1) is 16.2 Å². The van der Waals surface area contributed by atoms with Gasteiger partial charge in [-0.05, 0) is 19.9 Å². The maximum absolute atomic E-state index is 12.4. The number of carbonyl (C=O) groups is 1. The van der Waals surface area contributed by atoms with Crippen LogP contribution in [-0.4, -0.2) is 38.7 Å². The molecule has 0 spiro atoms. The summed E-state index contributed by atoms with van der Waals surface area (Å²) in [5.41, 5.74) is 4.90. The largest absolute Gasteiger partial charge is 0.392 e. The second-order valence-corrected chi connectivity index (χ2v) is 7.21. The van der Waals surface area contributed by atoms with Crippen molar-refractivity contribution in [3.05, 3.63) is 0 Å². The normalized spacial score (nSPS) is 12.2. The Labute approximate surface area is 126 Å². The first-order valence-electron chi connectivity index (χ1n) is 6.75. The van der Waals surface area contributed by atoms with Gasteiger partial charge in [0.15, 0.2) is 0 Å². The molecule has 0 aliphatic heterocycles. The molecule has 4 N–H and O–H groups in total. The zero-order valence-corrected chi connectivity index (χ0v) is 14.0. The van der Waals surface area contributed by atoms with E-state index in [4.69, 9.17) is 18.0 Å². The Balaban J connectivity index is 4.84. The summed E-state index contributed by atoms with van der Waals surface area (Å²) in [7, 11) is -2.00. The molecule has 0 fully saturated rings. The summed E-state index contributed by atoms with van der Waals surface area (Å²) in [6, 6.07) is 0. The first kappa shape index (κ1) is 19.3. The number of nitrogens with two attached hydrogens (primary N) is 1. The number of thiocarbonyl (C=S) groups is 1. The second-order valence-electron chi connectivity index (χ2n) is 4.73. The third-order valence-electron chi connectivity index (χ3n) is 3.23. The van der Waals surface area contributed by atoms with Crippen molar-refractivity contribution in [2.75, 3.05) is 19.3 Å². The van der Waals surface area contributed by atoms with Gasteiger partial charge >= 0.3 is 0 Å². The van der Waals surface area contributed by atoms with Gasteiger partial charge in [-0.3, -0.25) is 4.79 Å². The van der Waals surface area contributed by atoms with Gasteiger partial charge in [-0.2, -0.15) is 0 Å². The molecule has 1 amide bonds. The monoisotopic (exact) mass is 323 g/mol. The summed E-state index contributed by atoms with van der Waals surface area (Å²) >= 11 is 5.07. The summed E-state index contributed by atoms with van der Waals surface area (Å²) < 4.78 is 24.8. The van der Waals surface area contributed by atoms with E-state index in [9.17, 15) is 13.2 Å². The summed E-state index contributed by atoms with van der Waals surface area (Å²) in [5.74, 6) is -0.444. The molecule has 0 aromatic carbocycles. The molecule has 0 radical (unpaired) electrons. The highest BCUT2D eigenvalue weighted by molar-refractivity contribution is 7.89. The number of hydrogen-bond donors (Lipinski definition) is 3. The molecule has 0 saturated heterocycles. The van der Waals surface area contributed by atoms with E-state index in [-0.39, 0.29) is 23.2 Å². The van der Waals surface area contributed by atoms with Crippen LogP contribution in [0.1, 0.15) is 39.5 Å². The fraction of sp³-hybridized carbons (Fsp3) is 0.833. The molecule has 118 valence electrons. The lowest BCUT2D eigenvalue weighted by atomic mass is 9.78. The lowest BCUT2D eigenvalue weighted by molar-refractivity contribution is -0.128. The van der Waals surface area contributed by atoms with E-state index in [0.29, 0.717) is 12.8 Å². The maximum Gasteiger partial charge on any atom is 0.233 e. The van der Waals surface area contributed by atoms with Crippen LogP contribution in [0.4, 0.5) is 0 Å². The Hall–Kier alpha value is -0.730. The van der Waals surface area contributed by atoms with E-state index >= 15 is 0 Å². The summed E-state index contributed by atoms with van der Waals surface area (Å²) in [6.45, 7) is 3.96. The third kappa shape index (κ3) is 5.34. The summed E-state index contributed by atoms with van der Waals surface area (Å²) in [5, 5.41) is 2.64. The van der Waals surface area contributed by atoms with Crippen LogP contribution in [0.3, 0.4) is 0 Å². The lowest BCUT2D eigenvalue weighted by Gasteiger charge is -2.31. The highest BCUT2D eigenvalue weighted by Gasteiger charge is 2.39. The summed E-state index contributed by atoms with van der Waals surface area (Å²) in [6.07, 6.45) is 2.70. The van der Waals surface area contributed by atoms with Gasteiger partial charge < -0.3 is 11.1 Å².